The van der Waals surface area contributed by atoms with Gasteiger partial charge in [-0.25, -0.2) is 0 Å². The molecule has 0 aromatic heterocycles. The van der Waals surface area contributed by atoms with Crippen molar-refractivity contribution in [3.05, 3.63) is 35.9 Å². The molecule has 1 saturated carbocycles. The number of rotatable bonds is 2. The van der Waals surface area contributed by atoms with Crippen molar-refractivity contribution in [3.8, 4) is 0 Å². The van der Waals surface area contributed by atoms with Gasteiger partial charge in [0.1, 0.15) is 6.10 Å². The molecule has 1 amide bonds. The Morgan fingerprint density at radius 1 is 1.19 bits per heavy atom. The van der Waals surface area contributed by atoms with Gasteiger partial charge in [-0.3, -0.25) is 4.79 Å². The van der Waals surface area contributed by atoms with Gasteiger partial charge in [0.15, 0.2) is 0 Å². The fraction of sp³-hybridized carbons (Fsp3) is 0.588. The van der Waals surface area contributed by atoms with E-state index in [1.165, 1.54) is 6.42 Å². The molecule has 21 heavy (non-hydrogen) atoms. The van der Waals surface area contributed by atoms with Gasteiger partial charge in [0.05, 0.1) is 18.7 Å². The first-order chi connectivity index (χ1) is 10.2. The summed E-state index contributed by atoms with van der Waals surface area (Å²) >= 11 is 0. The predicted molar refractivity (Wildman–Crippen MR) is 81.7 cm³/mol. The van der Waals surface area contributed by atoms with Crippen LogP contribution in [0.1, 0.15) is 43.8 Å². The van der Waals surface area contributed by atoms with Gasteiger partial charge in [-0.05, 0) is 18.4 Å². The molecule has 1 unspecified atom stereocenters. The molecule has 1 atom stereocenters. The molecule has 4 heteroatoms. The summed E-state index contributed by atoms with van der Waals surface area (Å²) in [5.74, 6) is 0.117. The number of morpholine rings is 1. The molecule has 2 aliphatic rings. The van der Waals surface area contributed by atoms with Crippen molar-refractivity contribution < 1.29 is 9.53 Å². The molecule has 4 nitrogen and oxygen atoms in total. The molecule has 1 aliphatic carbocycles. The Kier molecular flexibility index (Phi) is 4.27. The quantitative estimate of drug-likeness (QED) is 0.908. The third-order valence-corrected chi connectivity index (χ3v) is 4.70. The molecule has 1 aromatic rings. The van der Waals surface area contributed by atoms with Crippen LogP contribution < -0.4 is 5.73 Å². The molecule has 1 heterocycles. The van der Waals surface area contributed by atoms with Gasteiger partial charge in [0.2, 0.25) is 5.91 Å². The van der Waals surface area contributed by atoms with E-state index in [-0.39, 0.29) is 12.0 Å². The third kappa shape index (κ3) is 3.11. The smallest absolute Gasteiger partial charge is 0.242 e. The topological polar surface area (TPSA) is 55.6 Å². The van der Waals surface area contributed by atoms with Gasteiger partial charge in [-0.1, -0.05) is 49.6 Å². The van der Waals surface area contributed by atoms with Gasteiger partial charge in [0.25, 0.3) is 0 Å². The fourth-order valence-electron chi connectivity index (χ4n) is 3.41. The summed E-state index contributed by atoms with van der Waals surface area (Å²) in [6.07, 6.45) is 4.93. The minimum absolute atomic E-state index is 0.0314. The maximum absolute atomic E-state index is 12.8. The number of carbonyl (C=O) groups excluding carboxylic acids is 1. The lowest BCUT2D eigenvalue weighted by Crippen LogP contribution is -2.58. The fourth-order valence-corrected chi connectivity index (χ4v) is 3.41. The lowest BCUT2D eigenvalue weighted by molar-refractivity contribution is -0.146. The lowest BCUT2D eigenvalue weighted by Gasteiger charge is -2.40. The second-order valence-corrected chi connectivity index (χ2v) is 6.24. The zero-order chi connectivity index (χ0) is 14.7. The van der Waals surface area contributed by atoms with Crippen molar-refractivity contribution in [2.45, 2.75) is 43.7 Å². The molecule has 0 bridgehead atoms. The zero-order valence-electron chi connectivity index (χ0n) is 12.5. The highest BCUT2D eigenvalue weighted by molar-refractivity contribution is 5.86. The van der Waals surface area contributed by atoms with E-state index < -0.39 is 5.54 Å². The molecule has 0 radical (unpaired) electrons. The van der Waals surface area contributed by atoms with E-state index in [9.17, 15) is 4.79 Å². The van der Waals surface area contributed by atoms with Crippen LogP contribution in [0.2, 0.25) is 0 Å². The van der Waals surface area contributed by atoms with E-state index in [2.05, 4.69) is 12.1 Å². The Labute approximate surface area is 126 Å². The van der Waals surface area contributed by atoms with Gasteiger partial charge in [0, 0.05) is 6.54 Å². The SMILES string of the molecule is NC1(C(=O)N2CCOC(c3ccccc3)C2)CCCCC1. The number of hydrogen-bond donors (Lipinski definition) is 1. The van der Waals surface area contributed by atoms with E-state index in [0.717, 1.165) is 31.2 Å². The van der Waals surface area contributed by atoms with E-state index >= 15 is 0 Å². The van der Waals surface area contributed by atoms with Crippen LogP contribution in [0.25, 0.3) is 0 Å². The zero-order valence-corrected chi connectivity index (χ0v) is 12.5. The van der Waals surface area contributed by atoms with Crippen molar-refractivity contribution in [1.29, 1.82) is 0 Å². The van der Waals surface area contributed by atoms with Crippen LogP contribution in [0.5, 0.6) is 0 Å². The van der Waals surface area contributed by atoms with Crippen LogP contribution in [0.3, 0.4) is 0 Å². The molecule has 1 aliphatic heterocycles. The average Bonchev–Trinajstić information content (AvgIpc) is 2.56. The summed E-state index contributed by atoms with van der Waals surface area (Å²) in [6.45, 7) is 1.85. The van der Waals surface area contributed by atoms with Gasteiger partial charge >= 0.3 is 0 Å². The first-order valence-electron chi connectivity index (χ1n) is 7.94. The number of ether oxygens (including phenoxy) is 1. The summed E-state index contributed by atoms with van der Waals surface area (Å²) in [7, 11) is 0. The Hall–Kier alpha value is -1.39. The van der Waals surface area contributed by atoms with E-state index in [1.54, 1.807) is 0 Å². The molecule has 1 saturated heterocycles. The number of amides is 1. The van der Waals surface area contributed by atoms with Gasteiger partial charge in [-0.15, -0.1) is 0 Å². The minimum atomic E-state index is -0.642. The molecular weight excluding hydrogens is 264 g/mol. The molecule has 2 fully saturated rings. The maximum Gasteiger partial charge on any atom is 0.242 e. The van der Waals surface area contributed by atoms with Crippen LogP contribution >= 0.6 is 0 Å². The normalized spacial score (nSPS) is 25.6. The van der Waals surface area contributed by atoms with Crippen molar-refractivity contribution in [3.63, 3.8) is 0 Å². The summed E-state index contributed by atoms with van der Waals surface area (Å²) in [6, 6.07) is 10.1. The Morgan fingerprint density at radius 3 is 2.62 bits per heavy atom. The van der Waals surface area contributed by atoms with Crippen molar-refractivity contribution in [1.82, 2.24) is 4.90 Å². The summed E-state index contributed by atoms with van der Waals surface area (Å²) in [5.41, 5.74) is 6.87. The van der Waals surface area contributed by atoms with E-state index in [0.29, 0.717) is 19.7 Å². The highest BCUT2D eigenvalue weighted by atomic mass is 16.5. The van der Waals surface area contributed by atoms with Crippen LogP contribution in [-0.2, 0) is 9.53 Å². The Balaban J connectivity index is 1.69. The Morgan fingerprint density at radius 2 is 1.90 bits per heavy atom. The van der Waals surface area contributed by atoms with E-state index in [1.807, 2.05) is 23.1 Å². The first-order valence-corrected chi connectivity index (χ1v) is 7.94. The molecule has 3 rings (SSSR count). The summed E-state index contributed by atoms with van der Waals surface area (Å²) in [4.78, 5) is 14.7. The van der Waals surface area contributed by atoms with Crippen LogP contribution in [0.15, 0.2) is 30.3 Å². The van der Waals surface area contributed by atoms with Crippen LogP contribution in [0, 0.1) is 0 Å². The van der Waals surface area contributed by atoms with Gasteiger partial charge in [-0.2, -0.15) is 0 Å². The Bertz CT molecular complexity index is 483. The van der Waals surface area contributed by atoms with Crippen LogP contribution in [0.4, 0.5) is 0 Å². The highest BCUT2D eigenvalue weighted by Crippen LogP contribution is 2.30. The lowest BCUT2D eigenvalue weighted by atomic mass is 9.81. The number of nitrogens with two attached hydrogens (primary N) is 1. The number of hydrogen-bond acceptors (Lipinski definition) is 3. The third-order valence-electron chi connectivity index (χ3n) is 4.70. The van der Waals surface area contributed by atoms with Crippen molar-refractivity contribution in [2.75, 3.05) is 19.7 Å². The second kappa shape index (κ2) is 6.16. The van der Waals surface area contributed by atoms with E-state index in [4.69, 9.17) is 10.5 Å². The largest absolute Gasteiger partial charge is 0.370 e. The standard InChI is InChI=1S/C17H24N2O2/c18-17(9-5-2-6-10-17)16(20)19-11-12-21-15(13-19)14-7-3-1-4-8-14/h1,3-4,7-8,15H,2,5-6,9-13,18H2. The van der Waals surface area contributed by atoms with Crippen LogP contribution in [-0.4, -0.2) is 36.0 Å². The number of nitrogens with zero attached hydrogens (tertiary/aromatic N) is 1. The molecular formula is C17H24N2O2. The minimum Gasteiger partial charge on any atom is -0.370 e. The van der Waals surface area contributed by atoms with Crippen molar-refractivity contribution in [2.24, 2.45) is 5.73 Å². The predicted octanol–water partition coefficient (Wildman–Crippen LogP) is 2.25. The average molecular weight is 288 g/mol. The highest BCUT2D eigenvalue weighted by Gasteiger charge is 2.40. The molecule has 114 valence electrons. The summed E-state index contributed by atoms with van der Waals surface area (Å²) in [5, 5.41) is 0. The first kappa shape index (κ1) is 14.5. The molecule has 1 aromatic carbocycles. The number of benzene rings is 1. The second-order valence-electron chi connectivity index (χ2n) is 6.24. The van der Waals surface area contributed by atoms with Crippen molar-refractivity contribution >= 4 is 5.91 Å². The number of carbonyl (C=O) groups is 1. The summed E-state index contributed by atoms with van der Waals surface area (Å²) < 4.78 is 5.83. The maximum atomic E-state index is 12.8. The molecule has 2 N–H and O–H groups in total. The monoisotopic (exact) mass is 288 g/mol. The van der Waals surface area contributed by atoms with Gasteiger partial charge < -0.3 is 15.4 Å². The molecule has 0 spiro atoms.